The molecule has 0 aromatic rings. The lowest BCUT2D eigenvalue weighted by atomic mass is 9.54. The van der Waals surface area contributed by atoms with Gasteiger partial charge in [-0.3, -0.25) is 9.59 Å². The second-order valence-electron chi connectivity index (χ2n) is 5.67. The number of rotatable bonds is 1. The summed E-state index contributed by atoms with van der Waals surface area (Å²) in [7, 11) is 0. The van der Waals surface area contributed by atoms with Crippen molar-refractivity contribution in [3.63, 3.8) is 0 Å². The van der Waals surface area contributed by atoms with Crippen molar-refractivity contribution < 1.29 is 14.7 Å². The Hall–Kier alpha value is -0.960. The average Bonchev–Trinajstić information content (AvgIpc) is 2.29. The molecule has 0 bridgehead atoms. The molecule has 1 saturated carbocycles. The molecule has 0 saturated heterocycles. The molecule has 0 heterocycles. The molecule has 0 amide bonds. The molecule has 0 aliphatic heterocycles. The van der Waals surface area contributed by atoms with Gasteiger partial charge in [-0.15, -0.1) is 0 Å². The van der Waals surface area contributed by atoms with E-state index in [-0.39, 0.29) is 35.4 Å². The first-order chi connectivity index (χ1) is 7.91. The Morgan fingerprint density at radius 3 is 2.65 bits per heavy atom. The van der Waals surface area contributed by atoms with Crippen LogP contribution in [0, 0.1) is 17.3 Å². The molecule has 3 heteroatoms. The maximum atomic E-state index is 11.9. The summed E-state index contributed by atoms with van der Waals surface area (Å²) in [6, 6.07) is 0. The maximum Gasteiger partial charge on any atom is 0.158 e. The minimum atomic E-state index is -0.167. The molecule has 3 atom stereocenters. The van der Waals surface area contributed by atoms with E-state index in [1.165, 1.54) is 0 Å². The van der Waals surface area contributed by atoms with E-state index in [2.05, 4.69) is 6.92 Å². The van der Waals surface area contributed by atoms with Crippen LogP contribution in [0.15, 0.2) is 11.1 Å². The first kappa shape index (κ1) is 12.5. The standard InChI is InChI=1S/C14H20O3/c1-8-10-6-13(17)9(2)11(7-15)14(10,3)5-4-12(8)16/h8,10,15H,4-7H2,1-3H3. The summed E-state index contributed by atoms with van der Waals surface area (Å²) in [6.07, 6.45) is 1.79. The van der Waals surface area contributed by atoms with Gasteiger partial charge in [-0.05, 0) is 35.8 Å². The number of aliphatic hydroxyl groups is 1. The third-order valence-corrected chi connectivity index (χ3v) is 4.94. The number of hydrogen-bond donors (Lipinski definition) is 1. The van der Waals surface area contributed by atoms with E-state index in [1.807, 2.05) is 6.92 Å². The number of carbonyl (C=O) groups excluding carboxylic acids is 2. The van der Waals surface area contributed by atoms with Gasteiger partial charge in [-0.1, -0.05) is 13.8 Å². The first-order valence-electron chi connectivity index (χ1n) is 6.28. The Morgan fingerprint density at radius 1 is 1.41 bits per heavy atom. The van der Waals surface area contributed by atoms with Gasteiger partial charge in [0.05, 0.1) is 6.61 Å². The highest BCUT2D eigenvalue weighted by Crippen LogP contribution is 2.52. The predicted molar refractivity (Wildman–Crippen MR) is 64.4 cm³/mol. The molecule has 17 heavy (non-hydrogen) atoms. The van der Waals surface area contributed by atoms with E-state index < -0.39 is 0 Å². The molecule has 0 aromatic carbocycles. The lowest BCUT2D eigenvalue weighted by Crippen LogP contribution is -2.47. The van der Waals surface area contributed by atoms with Crippen LogP contribution in [0.4, 0.5) is 0 Å². The summed E-state index contributed by atoms with van der Waals surface area (Å²) in [5.41, 5.74) is 1.41. The minimum absolute atomic E-state index is 0.0626. The van der Waals surface area contributed by atoms with Crippen LogP contribution in [-0.2, 0) is 9.59 Å². The summed E-state index contributed by atoms with van der Waals surface area (Å²) < 4.78 is 0. The van der Waals surface area contributed by atoms with Gasteiger partial charge in [-0.2, -0.15) is 0 Å². The van der Waals surface area contributed by atoms with E-state index >= 15 is 0 Å². The van der Waals surface area contributed by atoms with Crippen molar-refractivity contribution in [2.24, 2.45) is 17.3 Å². The predicted octanol–water partition coefficient (Wildman–Crippen LogP) is 1.89. The molecule has 0 radical (unpaired) electrons. The molecule has 94 valence electrons. The SMILES string of the molecule is CC1=C(CO)C2(C)CCC(=O)C(C)C2CC1=O. The zero-order valence-electron chi connectivity index (χ0n) is 10.7. The number of aliphatic hydroxyl groups excluding tert-OH is 1. The van der Waals surface area contributed by atoms with E-state index in [0.29, 0.717) is 18.4 Å². The molecular formula is C14H20O3. The number of hydrogen-bond acceptors (Lipinski definition) is 3. The molecule has 3 unspecified atom stereocenters. The Bertz CT molecular complexity index is 408. The lowest BCUT2D eigenvalue weighted by molar-refractivity contribution is -0.132. The Morgan fingerprint density at radius 2 is 2.06 bits per heavy atom. The highest BCUT2D eigenvalue weighted by molar-refractivity contribution is 5.98. The number of carbonyl (C=O) groups is 2. The fourth-order valence-electron chi connectivity index (χ4n) is 3.60. The van der Waals surface area contributed by atoms with Gasteiger partial charge in [0, 0.05) is 18.8 Å². The Labute approximate surface area is 102 Å². The van der Waals surface area contributed by atoms with Gasteiger partial charge in [0.25, 0.3) is 0 Å². The van der Waals surface area contributed by atoms with Crippen LogP contribution >= 0.6 is 0 Å². The lowest BCUT2D eigenvalue weighted by Gasteiger charge is -2.48. The first-order valence-corrected chi connectivity index (χ1v) is 6.28. The molecule has 3 nitrogen and oxygen atoms in total. The van der Waals surface area contributed by atoms with Crippen molar-refractivity contribution in [2.45, 2.75) is 40.0 Å². The van der Waals surface area contributed by atoms with Gasteiger partial charge >= 0.3 is 0 Å². The molecule has 0 spiro atoms. The third-order valence-electron chi connectivity index (χ3n) is 4.94. The summed E-state index contributed by atoms with van der Waals surface area (Å²) >= 11 is 0. The molecule has 0 aromatic heterocycles. The van der Waals surface area contributed by atoms with Crippen LogP contribution in [0.3, 0.4) is 0 Å². The third kappa shape index (κ3) is 1.68. The molecular weight excluding hydrogens is 216 g/mol. The van der Waals surface area contributed by atoms with E-state index in [1.54, 1.807) is 6.92 Å². The monoisotopic (exact) mass is 236 g/mol. The van der Waals surface area contributed by atoms with Gasteiger partial charge in [0.2, 0.25) is 0 Å². The second-order valence-corrected chi connectivity index (χ2v) is 5.67. The molecule has 2 aliphatic carbocycles. The second kappa shape index (κ2) is 4.05. The van der Waals surface area contributed by atoms with Crippen LogP contribution in [0.2, 0.25) is 0 Å². The zero-order valence-corrected chi connectivity index (χ0v) is 10.7. The van der Waals surface area contributed by atoms with Gasteiger partial charge in [-0.25, -0.2) is 0 Å². The number of fused-ring (bicyclic) bond motifs is 1. The Balaban J connectivity index is 2.50. The van der Waals surface area contributed by atoms with Crippen LogP contribution < -0.4 is 0 Å². The molecule has 1 N–H and O–H groups in total. The minimum Gasteiger partial charge on any atom is -0.392 e. The van der Waals surface area contributed by atoms with Crippen LogP contribution in [0.1, 0.15) is 40.0 Å². The highest BCUT2D eigenvalue weighted by Gasteiger charge is 2.50. The summed E-state index contributed by atoms with van der Waals surface area (Å²) in [6.45, 7) is 5.76. The van der Waals surface area contributed by atoms with Crippen molar-refractivity contribution in [3.8, 4) is 0 Å². The smallest absolute Gasteiger partial charge is 0.158 e. The quantitative estimate of drug-likeness (QED) is 0.756. The Kier molecular flexibility index (Phi) is 2.98. The molecule has 2 aliphatic rings. The van der Waals surface area contributed by atoms with Crippen molar-refractivity contribution in [1.29, 1.82) is 0 Å². The fourth-order valence-corrected chi connectivity index (χ4v) is 3.60. The van der Waals surface area contributed by atoms with Crippen LogP contribution in [0.25, 0.3) is 0 Å². The largest absolute Gasteiger partial charge is 0.392 e. The van der Waals surface area contributed by atoms with E-state index in [0.717, 1.165) is 12.0 Å². The van der Waals surface area contributed by atoms with Gasteiger partial charge < -0.3 is 5.11 Å². The van der Waals surface area contributed by atoms with Crippen LogP contribution in [-0.4, -0.2) is 23.3 Å². The van der Waals surface area contributed by atoms with Crippen molar-refractivity contribution in [3.05, 3.63) is 11.1 Å². The highest BCUT2D eigenvalue weighted by atomic mass is 16.3. The number of Topliss-reactive ketones (excluding diaryl/α,β-unsaturated/α-hetero) is 2. The number of ketones is 2. The van der Waals surface area contributed by atoms with E-state index in [9.17, 15) is 14.7 Å². The normalized spacial score (nSPS) is 38.4. The van der Waals surface area contributed by atoms with Crippen molar-refractivity contribution in [2.75, 3.05) is 6.61 Å². The number of allylic oxidation sites excluding steroid dienone is 1. The summed E-state index contributed by atoms with van der Waals surface area (Å²) in [5, 5.41) is 9.54. The topological polar surface area (TPSA) is 54.4 Å². The maximum absolute atomic E-state index is 11.9. The molecule has 2 rings (SSSR count). The zero-order chi connectivity index (χ0) is 12.8. The summed E-state index contributed by atoms with van der Waals surface area (Å²) in [5.74, 6) is 0.365. The van der Waals surface area contributed by atoms with Crippen LogP contribution in [0.5, 0.6) is 0 Å². The van der Waals surface area contributed by atoms with E-state index in [4.69, 9.17) is 0 Å². The average molecular weight is 236 g/mol. The van der Waals surface area contributed by atoms with Crippen molar-refractivity contribution in [1.82, 2.24) is 0 Å². The fraction of sp³-hybridized carbons (Fsp3) is 0.714. The van der Waals surface area contributed by atoms with Crippen molar-refractivity contribution >= 4 is 11.6 Å². The molecule has 1 fully saturated rings. The van der Waals surface area contributed by atoms with Gasteiger partial charge in [0.15, 0.2) is 5.78 Å². The van der Waals surface area contributed by atoms with Gasteiger partial charge in [0.1, 0.15) is 5.78 Å². The summed E-state index contributed by atoms with van der Waals surface area (Å²) in [4.78, 5) is 23.7.